The van der Waals surface area contributed by atoms with Crippen LogP contribution in [-0.4, -0.2) is 12.0 Å². The smallest absolute Gasteiger partial charge is 0.150 e. The molecule has 0 bridgehead atoms. The fourth-order valence-corrected chi connectivity index (χ4v) is 2.21. The van der Waals surface area contributed by atoms with Crippen LogP contribution in [0.25, 0.3) is 0 Å². The molecule has 0 amide bonds. The molecule has 0 N–H and O–H groups in total. The van der Waals surface area contributed by atoms with Gasteiger partial charge in [0, 0.05) is 10.5 Å². The van der Waals surface area contributed by atoms with Gasteiger partial charge in [-0.1, -0.05) is 26.0 Å². The molecule has 1 aromatic carbocycles. The normalized spacial score (nSPS) is 10.5. The summed E-state index contributed by atoms with van der Waals surface area (Å²) in [7, 11) is 0. The SMILES string of the molecule is CC(C)CCSc1ccc(C=O)cc1. The van der Waals surface area contributed by atoms with Crippen molar-refractivity contribution < 1.29 is 4.79 Å². The van der Waals surface area contributed by atoms with Crippen LogP contribution in [0.5, 0.6) is 0 Å². The summed E-state index contributed by atoms with van der Waals surface area (Å²) in [5.74, 6) is 1.91. The minimum absolute atomic E-state index is 0.748. The molecule has 0 aliphatic heterocycles. The van der Waals surface area contributed by atoms with E-state index in [-0.39, 0.29) is 0 Å². The second-order valence-electron chi connectivity index (χ2n) is 3.72. The van der Waals surface area contributed by atoms with Gasteiger partial charge in [0.2, 0.25) is 0 Å². The number of aldehydes is 1. The molecule has 0 heterocycles. The standard InChI is InChI=1S/C12H16OS/c1-10(2)7-8-14-12-5-3-11(9-13)4-6-12/h3-6,9-10H,7-8H2,1-2H3. The highest BCUT2D eigenvalue weighted by atomic mass is 32.2. The van der Waals surface area contributed by atoms with Crippen molar-refractivity contribution in [2.45, 2.75) is 25.2 Å². The number of benzene rings is 1. The Kier molecular flexibility index (Phi) is 4.74. The highest BCUT2D eigenvalue weighted by Gasteiger charge is 1.97. The minimum atomic E-state index is 0.748. The highest BCUT2D eigenvalue weighted by Crippen LogP contribution is 2.20. The van der Waals surface area contributed by atoms with Crippen LogP contribution in [0.1, 0.15) is 30.6 Å². The molecular formula is C12H16OS. The lowest BCUT2D eigenvalue weighted by Gasteiger charge is -2.04. The van der Waals surface area contributed by atoms with Gasteiger partial charge in [0.25, 0.3) is 0 Å². The van der Waals surface area contributed by atoms with E-state index in [4.69, 9.17) is 0 Å². The lowest BCUT2D eigenvalue weighted by atomic mass is 10.2. The molecular weight excluding hydrogens is 192 g/mol. The van der Waals surface area contributed by atoms with Crippen molar-refractivity contribution in [3.63, 3.8) is 0 Å². The van der Waals surface area contributed by atoms with Crippen molar-refractivity contribution in [3.8, 4) is 0 Å². The van der Waals surface area contributed by atoms with E-state index in [0.29, 0.717) is 0 Å². The Morgan fingerprint density at radius 2 is 1.93 bits per heavy atom. The Hall–Kier alpha value is -0.760. The van der Waals surface area contributed by atoms with Crippen LogP contribution >= 0.6 is 11.8 Å². The second kappa shape index (κ2) is 5.86. The van der Waals surface area contributed by atoms with E-state index >= 15 is 0 Å². The first-order valence-electron chi connectivity index (χ1n) is 4.90. The van der Waals surface area contributed by atoms with Crippen molar-refractivity contribution >= 4 is 18.0 Å². The number of hydrogen-bond donors (Lipinski definition) is 0. The molecule has 0 spiro atoms. The van der Waals surface area contributed by atoms with E-state index in [9.17, 15) is 4.79 Å². The van der Waals surface area contributed by atoms with E-state index < -0.39 is 0 Å². The quantitative estimate of drug-likeness (QED) is 0.543. The Morgan fingerprint density at radius 1 is 1.29 bits per heavy atom. The van der Waals surface area contributed by atoms with Gasteiger partial charge in [-0.3, -0.25) is 4.79 Å². The van der Waals surface area contributed by atoms with Crippen LogP contribution in [0.3, 0.4) is 0 Å². The van der Waals surface area contributed by atoms with Gasteiger partial charge in [-0.15, -0.1) is 11.8 Å². The van der Waals surface area contributed by atoms with Crippen LogP contribution < -0.4 is 0 Å². The maximum atomic E-state index is 10.4. The van der Waals surface area contributed by atoms with Crippen molar-refractivity contribution in [2.75, 3.05) is 5.75 Å². The largest absolute Gasteiger partial charge is 0.298 e. The third kappa shape index (κ3) is 3.97. The predicted molar refractivity (Wildman–Crippen MR) is 62.0 cm³/mol. The Balaban J connectivity index is 2.40. The summed E-state index contributed by atoms with van der Waals surface area (Å²) in [6.07, 6.45) is 2.11. The zero-order valence-electron chi connectivity index (χ0n) is 8.69. The van der Waals surface area contributed by atoms with Gasteiger partial charge >= 0.3 is 0 Å². The van der Waals surface area contributed by atoms with E-state index in [1.807, 2.05) is 36.0 Å². The number of carbonyl (C=O) groups excluding carboxylic acids is 1. The fraction of sp³-hybridized carbons (Fsp3) is 0.417. The van der Waals surface area contributed by atoms with Crippen LogP contribution in [0.2, 0.25) is 0 Å². The molecule has 0 atom stereocenters. The van der Waals surface area contributed by atoms with E-state index in [2.05, 4.69) is 13.8 Å². The topological polar surface area (TPSA) is 17.1 Å². The zero-order chi connectivity index (χ0) is 10.4. The van der Waals surface area contributed by atoms with Crippen molar-refractivity contribution in [1.82, 2.24) is 0 Å². The van der Waals surface area contributed by atoms with Crippen molar-refractivity contribution in [3.05, 3.63) is 29.8 Å². The average Bonchev–Trinajstić information content (AvgIpc) is 2.18. The van der Waals surface area contributed by atoms with E-state index in [1.54, 1.807) is 0 Å². The molecule has 76 valence electrons. The van der Waals surface area contributed by atoms with Gasteiger partial charge in [-0.05, 0) is 30.2 Å². The van der Waals surface area contributed by atoms with Gasteiger partial charge in [-0.2, -0.15) is 0 Å². The lowest BCUT2D eigenvalue weighted by Crippen LogP contribution is -1.89. The Labute approximate surface area is 89.9 Å². The molecule has 0 unspecified atom stereocenters. The molecule has 14 heavy (non-hydrogen) atoms. The first-order chi connectivity index (χ1) is 6.72. The summed E-state index contributed by atoms with van der Waals surface area (Å²) < 4.78 is 0. The van der Waals surface area contributed by atoms with E-state index in [1.165, 1.54) is 11.3 Å². The summed E-state index contributed by atoms with van der Waals surface area (Å²) in [5.41, 5.74) is 0.748. The molecule has 2 heteroatoms. The second-order valence-corrected chi connectivity index (χ2v) is 4.89. The molecule has 0 fully saturated rings. The maximum absolute atomic E-state index is 10.4. The monoisotopic (exact) mass is 208 g/mol. The fourth-order valence-electron chi connectivity index (χ4n) is 1.06. The summed E-state index contributed by atoms with van der Waals surface area (Å²) >= 11 is 1.85. The van der Waals surface area contributed by atoms with Gasteiger partial charge < -0.3 is 0 Å². The molecule has 0 radical (unpaired) electrons. The number of rotatable bonds is 5. The Morgan fingerprint density at radius 3 is 2.43 bits per heavy atom. The summed E-state index contributed by atoms with van der Waals surface area (Å²) in [6.45, 7) is 4.46. The molecule has 0 aliphatic rings. The number of carbonyl (C=O) groups is 1. The van der Waals surface area contributed by atoms with Crippen molar-refractivity contribution in [1.29, 1.82) is 0 Å². The van der Waals surface area contributed by atoms with E-state index in [0.717, 1.165) is 23.5 Å². The highest BCUT2D eigenvalue weighted by molar-refractivity contribution is 7.99. The summed E-state index contributed by atoms with van der Waals surface area (Å²) in [4.78, 5) is 11.7. The zero-order valence-corrected chi connectivity index (χ0v) is 9.51. The average molecular weight is 208 g/mol. The summed E-state index contributed by atoms with van der Waals surface area (Å²) in [5, 5.41) is 0. The summed E-state index contributed by atoms with van der Waals surface area (Å²) in [6, 6.07) is 7.75. The predicted octanol–water partition coefficient (Wildman–Crippen LogP) is 3.64. The first-order valence-corrected chi connectivity index (χ1v) is 5.89. The molecule has 0 aromatic heterocycles. The molecule has 0 saturated carbocycles. The van der Waals surface area contributed by atoms with Gasteiger partial charge in [0.15, 0.2) is 0 Å². The van der Waals surface area contributed by atoms with Crippen LogP contribution in [0.15, 0.2) is 29.2 Å². The van der Waals surface area contributed by atoms with Gasteiger partial charge in [0.1, 0.15) is 6.29 Å². The van der Waals surface area contributed by atoms with Crippen LogP contribution in [0.4, 0.5) is 0 Å². The maximum Gasteiger partial charge on any atom is 0.150 e. The van der Waals surface area contributed by atoms with Crippen molar-refractivity contribution in [2.24, 2.45) is 5.92 Å². The first kappa shape index (κ1) is 11.3. The number of thioether (sulfide) groups is 1. The minimum Gasteiger partial charge on any atom is -0.298 e. The third-order valence-corrected chi connectivity index (χ3v) is 3.03. The van der Waals surface area contributed by atoms with Crippen LogP contribution in [-0.2, 0) is 0 Å². The van der Waals surface area contributed by atoms with Gasteiger partial charge in [0.05, 0.1) is 0 Å². The molecule has 1 aromatic rings. The Bertz CT molecular complexity index is 277. The third-order valence-electron chi connectivity index (χ3n) is 1.98. The molecule has 0 saturated heterocycles. The van der Waals surface area contributed by atoms with Gasteiger partial charge in [-0.25, -0.2) is 0 Å². The lowest BCUT2D eigenvalue weighted by molar-refractivity contribution is 0.112. The van der Waals surface area contributed by atoms with Crippen LogP contribution in [0, 0.1) is 5.92 Å². The molecule has 1 rings (SSSR count). The molecule has 0 aliphatic carbocycles. The molecule has 1 nitrogen and oxygen atoms in total. The number of hydrogen-bond acceptors (Lipinski definition) is 2.